The number of benzene rings is 1. The summed E-state index contributed by atoms with van der Waals surface area (Å²) in [6.07, 6.45) is 1.54. The zero-order valence-corrected chi connectivity index (χ0v) is 25.8. The predicted molar refractivity (Wildman–Crippen MR) is 158 cm³/mol. The quantitative estimate of drug-likeness (QED) is 0.418. The smallest absolute Gasteiger partial charge is 0.251 e. The summed E-state index contributed by atoms with van der Waals surface area (Å²) < 4.78 is 50.4. The molecule has 2 aromatic rings. The molecule has 3 fully saturated rings. The molecule has 13 heteroatoms. The average molecular weight is 654 g/mol. The minimum absolute atomic E-state index is 0.000194. The Morgan fingerprint density at radius 1 is 1.14 bits per heavy atom. The molecular weight excluding hydrogens is 620 g/mol. The van der Waals surface area contributed by atoms with Crippen LogP contribution in [0.2, 0.25) is 10.2 Å². The summed E-state index contributed by atoms with van der Waals surface area (Å²) in [4.78, 5) is 46.3. The minimum atomic E-state index is -1.63. The van der Waals surface area contributed by atoms with Crippen LogP contribution in [0, 0.1) is 17.2 Å². The van der Waals surface area contributed by atoms with Crippen LogP contribution in [0.15, 0.2) is 30.5 Å². The standard InChI is InChI=1S/C31H33Cl2F3N4O4/c1-40(2)27(42)22-6-3-16(11-44-22)9-21(41)25-23(18-7-8-37-26(33)24(18)36)31(30(39-25)12-29(13-30,14-34)15-35)19-5-4-17(32)10-20(19)38-28(31)43/h4-5,7-8,10,16,22-23,25,39H,3,6,9,11-15H2,1-2H3,(H,38,43)/t16-,22-,23-,25-,31+/m0/s1. The summed E-state index contributed by atoms with van der Waals surface area (Å²) in [5, 5.41) is 6.16. The number of pyridine rings is 1. The number of carbonyl (C=O) groups excluding carboxylic acids is 3. The number of hydrogen-bond donors (Lipinski definition) is 2. The molecule has 1 aromatic carbocycles. The second-order valence-corrected chi connectivity index (χ2v) is 13.7. The number of nitrogens with zero attached hydrogens (tertiary/aromatic N) is 2. The number of rotatable bonds is 7. The Bertz CT molecular complexity index is 1510. The molecule has 2 spiro atoms. The van der Waals surface area contributed by atoms with Crippen molar-refractivity contribution in [3.8, 4) is 0 Å². The van der Waals surface area contributed by atoms with E-state index in [0.29, 0.717) is 29.1 Å². The number of ether oxygens (including phenoxy) is 1. The van der Waals surface area contributed by atoms with Gasteiger partial charge in [-0.1, -0.05) is 29.3 Å². The second kappa shape index (κ2) is 11.3. The van der Waals surface area contributed by atoms with E-state index in [-0.39, 0.29) is 49.0 Å². The summed E-state index contributed by atoms with van der Waals surface area (Å²) >= 11 is 12.4. The molecule has 0 unspecified atom stereocenters. The molecule has 1 aromatic heterocycles. The van der Waals surface area contributed by atoms with E-state index in [2.05, 4.69) is 15.6 Å². The number of nitrogens with one attached hydrogen (secondary N) is 2. The van der Waals surface area contributed by atoms with Crippen LogP contribution in [0.4, 0.5) is 18.9 Å². The fourth-order valence-electron chi connectivity index (χ4n) is 8.18. The van der Waals surface area contributed by atoms with Crippen LogP contribution >= 0.6 is 23.2 Å². The van der Waals surface area contributed by atoms with Gasteiger partial charge in [-0.15, -0.1) is 0 Å². The number of halogens is 5. The Morgan fingerprint density at radius 3 is 2.50 bits per heavy atom. The lowest BCUT2D eigenvalue weighted by atomic mass is 9.46. The van der Waals surface area contributed by atoms with Gasteiger partial charge in [-0.3, -0.25) is 28.5 Å². The minimum Gasteiger partial charge on any atom is -0.368 e. The summed E-state index contributed by atoms with van der Waals surface area (Å²) in [5.74, 6) is -3.22. The normalized spacial score (nSPS) is 29.8. The monoisotopic (exact) mass is 652 g/mol. The summed E-state index contributed by atoms with van der Waals surface area (Å²) in [7, 11) is 3.30. The van der Waals surface area contributed by atoms with Crippen molar-refractivity contribution in [1.82, 2.24) is 15.2 Å². The first-order chi connectivity index (χ1) is 20.9. The lowest BCUT2D eigenvalue weighted by molar-refractivity contribution is -0.146. The number of amides is 2. The first-order valence-electron chi connectivity index (χ1n) is 14.6. The van der Waals surface area contributed by atoms with Gasteiger partial charge in [0, 0.05) is 54.3 Å². The molecule has 5 atom stereocenters. The molecule has 2 saturated heterocycles. The number of ketones is 1. The molecule has 2 amide bonds. The lowest BCUT2D eigenvalue weighted by Crippen LogP contribution is -2.70. The number of alkyl halides is 2. The molecule has 3 aliphatic heterocycles. The molecule has 44 heavy (non-hydrogen) atoms. The van der Waals surface area contributed by atoms with Crippen molar-refractivity contribution < 1.29 is 32.3 Å². The van der Waals surface area contributed by atoms with E-state index in [4.69, 9.17) is 27.9 Å². The van der Waals surface area contributed by atoms with Gasteiger partial charge in [-0.2, -0.15) is 0 Å². The maximum atomic E-state index is 15.9. The number of fused-ring (bicyclic) bond motifs is 3. The van der Waals surface area contributed by atoms with Crippen LogP contribution in [0.1, 0.15) is 49.1 Å². The third kappa shape index (κ3) is 4.56. The van der Waals surface area contributed by atoms with Crippen molar-refractivity contribution in [2.24, 2.45) is 11.3 Å². The fraction of sp³-hybridized carbons (Fsp3) is 0.548. The molecule has 0 bridgehead atoms. The zero-order valence-electron chi connectivity index (χ0n) is 24.3. The Balaban J connectivity index is 1.44. The molecule has 0 radical (unpaired) electrons. The third-order valence-corrected chi connectivity index (χ3v) is 10.6. The highest BCUT2D eigenvalue weighted by Gasteiger charge is 2.78. The van der Waals surface area contributed by atoms with Gasteiger partial charge < -0.3 is 15.0 Å². The predicted octanol–water partition coefficient (Wildman–Crippen LogP) is 4.77. The lowest BCUT2D eigenvalue weighted by Gasteiger charge is -2.59. The highest BCUT2D eigenvalue weighted by molar-refractivity contribution is 6.31. The number of Topliss-reactive ketones (excluding diaryl/α,β-unsaturated/α-hetero) is 1. The summed E-state index contributed by atoms with van der Waals surface area (Å²) in [5.41, 5.74) is -3.41. The van der Waals surface area contributed by atoms with Gasteiger partial charge in [0.05, 0.1) is 26.0 Å². The number of aromatic nitrogens is 1. The summed E-state index contributed by atoms with van der Waals surface area (Å²) in [6.45, 7) is -1.74. The molecule has 4 aliphatic rings. The largest absolute Gasteiger partial charge is 0.368 e. The van der Waals surface area contributed by atoms with Crippen molar-refractivity contribution in [3.05, 3.63) is 57.6 Å². The fourth-order valence-corrected chi connectivity index (χ4v) is 8.52. The molecule has 1 saturated carbocycles. The highest BCUT2D eigenvalue weighted by atomic mass is 35.5. The molecular formula is C31H33Cl2F3N4O4. The van der Waals surface area contributed by atoms with Crippen molar-refractivity contribution in [3.63, 3.8) is 0 Å². The number of carbonyl (C=O) groups is 3. The van der Waals surface area contributed by atoms with E-state index in [9.17, 15) is 23.2 Å². The van der Waals surface area contributed by atoms with Crippen molar-refractivity contribution in [2.45, 2.75) is 61.1 Å². The van der Waals surface area contributed by atoms with E-state index in [1.54, 1.807) is 32.3 Å². The van der Waals surface area contributed by atoms with Gasteiger partial charge in [0.15, 0.2) is 16.8 Å². The van der Waals surface area contributed by atoms with E-state index < -0.39 is 64.7 Å². The average Bonchev–Trinajstić information content (AvgIpc) is 3.45. The van der Waals surface area contributed by atoms with Gasteiger partial charge in [-0.05, 0) is 60.9 Å². The van der Waals surface area contributed by atoms with Gasteiger partial charge in [0.2, 0.25) is 5.91 Å². The highest BCUT2D eigenvalue weighted by Crippen LogP contribution is 2.68. The van der Waals surface area contributed by atoms with Crippen LogP contribution in [-0.4, -0.2) is 79.2 Å². The maximum absolute atomic E-state index is 15.9. The van der Waals surface area contributed by atoms with Crippen LogP contribution in [0.25, 0.3) is 0 Å². The molecule has 8 nitrogen and oxygen atoms in total. The van der Waals surface area contributed by atoms with Gasteiger partial charge >= 0.3 is 0 Å². The Hall–Kier alpha value is -2.73. The van der Waals surface area contributed by atoms with E-state index in [0.717, 1.165) is 0 Å². The number of likely N-dealkylation sites (N-methyl/N-ethyl adjacent to an activating group) is 1. The van der Waals surface area contributed by atoms with E-state index in [1.165, 1.54) is 17.2 Å². The van der Waals surface area contributed by atoms with Gasteiger partial charge in [0.25, 0.3) is 5.91 Å². The van der Waals surface area contributed by atoms with Crippen molar-refractivity contribution in [2.75, 3.05) is 39.4 Å². The molecule has 2 N–H and O–H groups in total. The molecule has 236 valence electrons. The zero-order chi connectivity index (χ0) is 31.6. The first kappa shape index (κ1) is 31.3. The first-order valence-corrected chi connectivity index (χ1v) is 15.3. The maximum Gasteiger partial charge on any atom is 0.251 e. The van der Waals surface area contributed by atoms with Crippen LogP contribution < -0.4 is 10.6 Å². The number of anilines is 1. The van der Waals surface area contributed by atoms with Crippen LogP contribution in [0.3, 0.4) is 0 Å². The van der Waals surface area contributed by atoms with Crippen molar-refractivity contribution >= 4 is 46.5 Å². The van der Waals surface area contributed by atoms with E-state index in [1.807, 2.05) is 0 Å². The van der Waals surface area contributed by atoms with Crippen molar-refractivity contribution in [1.29, 1.82) is 0 Å². The van der Waals surface area contributed by atoms with Gasteiger partial charge in [0.1, 0.15) is 11.5 Å². The van der Waals surface area contributed by atoms with Gasteiger partial charge in [-0.25, -0.2) is 9.37 Å². The molecule has 6 rings (SSSR count). The number of hydrogen-bond acceptors (Lipinski definition) is 6. The summed E-state index contributed by atoms with van der Waals surface area (Å²) in [6, 6.07) is 5.10. The Labute approximate surface area is 263 Å². The Morgan fingerprint density at radius 2 is 1.86 bits per heavy atom. The third-order valence-electron chi connectivity index (χ3n) is 10.1. The van der Waals surface area contributed by atoms with Crippen LogP contribution in [0.5, 0.6) is 0 Å². The Kier molecular flexibility index (Phi) is 8.00. The van der Waals surface area contributed by atoms with E-state index >= 15 is 4.39 Å². The molecule has 1 aliphatic carbocycles. The molecule has 4 heterocycles. The second-order valence-electron chi connectivity index (χ2n) is 12.9. The SMILES string of the molecule is CN(C)C(=O)[C@@H]1CC[C@@H](CC(=O)[C@@H]2NC3(CC(CF)(CF)C3)[C@@]3(C(=O)Nc4cc(Cl)ccc43)[C@H]2c2ccnc(Cl)c2F)CO1. The topological polar surface area (TPSA) is 101 Å². The van der Waals surface area contributed by atoms with Crippen LogP contribution in [-0.2, 0) is 24.5 Å².